The van der Waals surface area contributed by atoms with Crippen molar-refractivity contribution in [2.24, 2.45) is 0 Å². The summed E-state index contributed by atoms with van der Waals surface area (Å²) < 4.78 is 0. The van der Waals surface area contributed by atoms with Crippen LogP contribution in [0.2, 0.25) is 0 Å². The zero-order valence-electron chi connectivity index (χ0n) is 8.13. The van der Waals surface area contributed by atoms with Crippen molar-refractivity contribution in [1.29, 1.82) is 0 Å². The Labute approximate surface area is 74.6 Å². The molecule has 68 valence electrons. The maximum absolute atomic E-state index is 11.3. The predicted octanol–water partition coefficient (Wildman–Crippen LogP) is 2.33. The number of carbonyl (C=O) groups excluding carboxylic acids is 1. The van der Waals surface area contributed by atoms with Gasteiger partial charge in [-0.1, -0.05) is 19.6 Å². The van der Waals surface area contributed by atoms with Gasteiger partial charge < -0.3 is 4.90 Å². The molecule has 0 aromatic rings. The maximum atomic E-state index is 11.3. The van der Waals surface area contributed by atoms with E-state index in [1.165, 1.54) is 0 Å². The van der Waals surface area contributed by atoms with Crippen LogP contribution >= 0.6 is 0 Å². The molecular weight excluding hydrogens is 150 g/mol. The number of allylic oxidation sites excluding steroid dienone is 2. The van der Waals surface area contributed by atoms with Gasteiger partial charge in [0.15, 0.2) is 0 Å². The second-order valence-electron chi connectivity index (χ2n) is 2.48. The highest BCUT2D eigenvalue weighted by molar-refractivity contribution is 5.78. The lowest BCUT2D eigenvalue weighted by Gasteiger charge is -2.20. The van der Waals surface area contributed by atoms with Crippen LogP contribution in [0.5, 0.6) is 0 Å². The number of hydrogen-bond donors (Lipinski definition) is 0. The van der Waals surface area contributed by atoms with Crippen molar-refractivity contribution in [3.63, 3.8) is 0 Å². The van der Waals surface area contributed by atoms with Crippen LogP contribution in [0.25, 0.3) is 0 Å². The third-order valence-electron chi connectivity index (χ3n) is 1.63. The molecule has 0 aliphatic carbocycles. The molecule has 0 saturated carbocycles. The van der Waals surface area contributed by atoms with Gasteiger partial charge in [-0.2, -0.15) is 0 Å². The predicted molar refractivity (Wildman–Crippen MR) is 51.6 cm³/mol. The van der Waals surface area contributed by atoms with E-state index in [9.17, 15) is 4.79 Å². The summed E-state index contributed by atoms with van der Waals surface area (Å²) in [7, 11) is 0. The smallest absolute Gasteiger partial charge is 0.226 e. The highest BCUT2D eigenvalue weighted by Crippen LogP contribution is 2.05. The van der Waals surface area contributed by atoms with Gasteiger partial charge in [0.2, 0.25) is 5.91 Å². The molecule has 0 aliphatic heterocycles. The Morgan fingerprint density at radius 2 is 2.08 bits per heavy atom. The summed E-state index contributed by atoms with van der Waals surface area (Å²) in [4.78, 5) is 13.0. The van der Waals surface area contributed by atoms with Crippen LogP contribution in [0, 0.1) is 0 Å². The van der Waals surface area contributed by atoms with Crippen LogP contribution in [0.15, 0.2) is 24.4 Å². The fourth-order valence-corrected chi connectivity index (χ4v) is 1.01. The SMILES string of the molecule is C=C(/C=C\C)N(CC)C(=O)CC. The Kier molecular flexibility index (Phi) is 5.09. The summed E-state index contributed by atoms with van der Waals surface area (Å²) in [5, 5.41) is 0. The molecule has 0 radical (unpaired) electrons. The molecule has 0 rings (SSSR count). The number of rotatable bonds is 4. The Balaban J connectivity index is 4.34. The summed E-state index contributed by atoms with van der Waals surface area (Å²) in [6.45, 7) is 10.2. The van der Waals surface area contributed by atoms with E-state index in [4.69, 9.17) is 0 Å². The highest BCUT2D eigenvalue weighted by Gasteiger charge is 2.09. The highest BCUT2D eigenvalue weighted by atomic mass is 16.2. The van der Waals surface area contributed by atoms with Crippen LogP contribution in [0.1, 0.15) is 27.2 Å². The average Bonchev–Trinajstić information content (AvgIpc) is 2.06. The van der Waals surface area contributed by atoms with Crippen LogP contribution in [0.3, 0.4) is 0 Å². The molecule has 0 atom stereocenters. The molecule has 0 heterocycles. The van der Waals surface area contributed by atoms with Gasteiger partial charge in [0.05, 0.1) is 0 Å². The molecule has 0 N–H and O–H groups in total. The van der Waals surface area contributed by atoms with E-state index in [-0.39, 0.29) is 5.91 Å². The lowest BCUT2D eigenvalue weighted by atomic mass is 10.3. The van der Waals surface area contributed by atoms with E-state index in [0.29, 0.717) is 13.0 Å². The van der Waals surface area contributed by atoms with Crippen LogP contribution in [-0.4, -0.2) is 17.4 Å². The first-order valence-corrected chi connectivity index (χ1v) is 4.29. The fourth-order valence-electron chi connectivity index (χ4n) is 1.01. The van der Waals surface area contributed by atoms with Gasteiger partial charge in [-0.15, -0.1) is 0 Å². The van der Waals surface area contributed by atoms with E-state index in [0.717, 1.165) is 5.70 Å². The van der Waals surface area contributed by atoms with Crippen LogP contribution in [-0.2, 0) is 4.79 Å². The number of likely N-dealkylation sites (N-methyl/N-ethyl adjacent to an activating group) is 1. The summed E-state index contributed by atoms with van der Waals surface area (Å²) in [6.07, 6.45) is 4.26. The summed E-state index contributed by atoms with van der Waals surface area (Å²) in [6, 6.07) is 0. The molecule has 0 fully saturated rings. The summed E-state index contributed by atoms with van der Waals surface area (Å²) in [5.41, 5.74) is 0.770. The number of amides is 1. The first-order valence-electron chi connectivity index (χ1n) is 4.29. The van der Waals surface area contributed by atoms with Crippen LogP contribution < -0.4 is 0 Å². The molecule has 12 heavy (non-hydrogen) atoms. The van der Waals surface area contributed by atoms with Crippen LogP contribution in [0.4, 0.5) is 0 Å². The number of hydrogen-bond acceptors (Lipinski definition) is 1. The molecular formula is C10H17NO. The van der Waals surface area contributed by atoms with Gasteiger partial charge in [-0.25, -0.2) is 0 Å². The second-order valence-corrected chi connectivity index (χ2v) is 2.48. The van der Waals surface area contributed by atoms with E-state index >= 15 is 0 Å². The second kappa shape index (κ2) is 5.58. The van der Waals surface area contributed by atoms with Gasteiger partial charge >= 0.3 is 0 Å². The normalized spacial score (nSPS) is 10.2. The van der Waals surface area contributed by atoms with Crippen molar-refractivity contribution < 1.29 is 4.79 Å². The molecule has 2 nitrogen and oxygen atoms in total. The molecule has 0 aliphatic rings. The Morgan fingerprint density at radius 3 is 2.42 bits per heavy atom. The molecule has 2 heteroatoms. The number of carbonyl (C=O) groups is 1. The monoisotopic (exact) mass is 167 g/mol. The molecule has 0 unspecified atom stereocenters. The summed E-state index contributed by atoms with van der Waals surface area (Å²) >= 11 is 0. The molecule has 0 spiro atoms. The van der Waals surface area contributed by atoms with Crippen molar-refractivity contribution in [3.05, 3.63) is 24.4 Å². The minimum Gasteiger partial charge on any atom is -0.313 e. The summed E-state index contributed by atoms with van der Waals surface area (Å²) in [5.74, 6) is 0.126. The molecule has 0 saturated heterocycles. The van der Waals surface area contributed by atoms with E-state index in [2.05, 4.69) is 6.58 Å². The van der Waals surface area contributed by atoms with Gasteiger partial charge in [-0.3, -0.25) is 4.79 Å². The maximum Gasteiger partial charge on any atom is 0.226 e. The Morgan fingerprint density at radius 1 is 1.50 bits per heavy atom. The third kappa shape index (κ3) is 2.91. The van der Waals surface area contributed by atoms with E-state index in [1.54, 1.807) is 4.90 Å². The van der Waals surface area contributed by atoms with Gasteiger partial charge in [0.25, 0.3) is 0 Å². The van der Waals surface area contributed by atoms with Crippen molar-refractivity contribution in [3.8, 4) is 0 Å². The van der Waals surface area contributed by atoms with Crippen molar-refractivity contribution in [2.75, 3.05) is 6.54 Å². The first kappa shape index (κ1) is 11.0. The Bertz CT molecular complexity index is 194. The first-order chi connectivity index (χ1) is 5.67. The van der Waals surface area contributed by atoms with Crippen molar-refractivity contribution in [2.45, 2.75) is 27.2 Å². The average molecular weight is 167 g/mol. The lowest BCUT2D eigenvalue weighted by molar-refractivity contribution is -0.128. The van der Waals surface area contributed by atoms with E-state index in [1.807, 2.05) is 32.9 Å². The minimum atomic E-state index is 0.126. The molecule has 0 aromatic heterocycles. The molecule has 1 amide bonds. The topological polar surface area (TPSA) is 20.3 Å². The third-order valence-corrected chi connectivity index (χ3v) is 1.63. The lowest BCUT2D eigenvalue weighted by Crippen LogP contribution is -2.28. The minimum absolute atomic E-state index is 0.126. The van der Waals surface area contributed by atoms with Gasteiger partial charge in [0.1, 0.15) is 0 Å². The van der Waals surface area contributed by atoms with Crippen molar-refractivity contribution in [1.82, 2.24) is 4.90 Å². The van der Waals surface area contributed by atoms with Crippen molar-refractivity contribution >= 4 is 5.91 Å². The molecule has 0 aromatic carbocycles. The zero-order chi connectivity index (χ0) is 9.56. The zero-order valence-corrected chi connectivity index (χ0v) is 8.13. The Hall–Kier alpha value is -1.05. The largest absolute Gasteiger partial charge is 0.313 e. The standard InChI is InChI=1S/C10H17NO/c1-5-8-9(4)11(7-3)10(12)6-2/h5,8H,4,6-7H2,1-3H3/b8-5-. The molecule has 0 bridgehead atoms. The fraction of sp³-hybridized carbons (Fsp3) is 0.500. The van der Waals surface area contributed by atoms with E-state index < -0.39 is 0 Å². The van der Waals surface area contributed by atoms with Gasteiger partial charge in [0, 0.05) is 18.7 Å². The van der Waals surface area contributed by atoms with Gasteiger partial charge in [-0.05, 0) is 19.9 Å². The number of nitrogens with zero attached hydrogens (tertiary/aromatic N) is 1. The quantitative estimate of drug-likeness (QED) is 0.588.